The molecule has 0 nitrogen and oxygen atoms in total. The zero-order valence-corrected chi connectivity index (χ0v) is 43.7. The summed E-state index contributed by atoms with van der Waals surface area (Å²) >= 11 is 0. The Balaban J connectivity index is 1.70. The fourth-order valence-electron chi connectivity index (χ4n) is 9.83. The Kier molecular flexibility index (Phi) is 11.5. The second kappa shape index (κ2) is 16.1. The van der Waals surface area contributed by atoms with Gasteiger partial charge in [0.2, 0.25) is 0 Å². The number of benzene rings is 8. The molecule has 0 heterocycles. The topological polar surface area (TPSA) is 0 Å². The first kappa shape index (κ1) is 47.0. The Labute approximate surface area is 398 Å². The molecular weight excluding hydrogens is 793 g/mol. The van der Waals surface area contributed by atoms with Crippen molar-refractivity contribution < 1.29 is 0 Å². The van der Waals surface area contributed by atoms with Crippen molar-refractivity contribution in [3.63, 3.8) is 0 Å². The maximum absolute atomic E-state index is 2.56. The van der Waals surface area contributed by atoms with E-state index >= 15 is 0 Å². The van der Waals surface area contributed by atoms with Crippen LogP contribution >= 0.6 is 0 Å². The van der Waals surface area contributed by atoms with Crippen LogP contribution in [0, 0.1) is 0 Å². The Morgan fingerprint density at radius 3 is 0.894 bits per heavy atom. The number of hydrogen-bond donors (Lipinski definition) is 0. The van der Waals surface area contributed by atoms with Crippen molar-refractivity contribution in [2.24, 2.45) is 0 Å². The van der Waals surface area contributed by atoms with E-state index in [0.29, 0.717) is 0 Å². The Morgan fingerprint density at radius 2 is 0.530 bits per heavy atom. The molecule has 0 unspecified atom stereocenters. The molecule has 8 aromatic rings. The van der Waals surface area contributed by atoms with Gasteiger partial charge in [0.15, 0.2) is 0 Å². The van der Waals surface area contributed by atoms with E-state index in [4.69, 9.17) is 0 Å². The quantitative estimate of drug-likeness (QED) is 0.155. The predicted octanol–water partition coefficient (Wildman–Crippen LogP) is 19.6. The summed E-state index contributed by atoms with van der Waals surface area (Å²) in [7, 11) is 0. The first-order valence-electron chi connectivity index (χ1n) is 24.5. The van der Waals surface area contributed by atoms with Crippen molar-refractivity contribution in [3.05, 3.63) is 167 Å². The highest BCUT2D eigenvalue weighted by Crippen LogP contribution is 2.53. The van der Waals surface area contributed by atoms with Gasteiger partial charge in [0.1, 0.15) is 0 Å². The average Bonchev–Trinajstić information content (AvgIpc) is 3.22. The smallest absolute Gasteiger partial charge is 0.000764 e. The van der Waals surface area contributed by atoms with E-state index in [2.05, 4.69) is 258 Å². The highest BCUT2D eigenvalue weighted by molar-refractivity contribution is 6.31. The molecule has 0 aliphatic rings. The first-order valence-corrected chi connectivity index (χ1v) is 24.5. The molecule has 0 amide bonds. The predicted molar refractivity (Wildman–Crippen MR) is 293 cm³/mol. The van der Waals surface area contributed by atoms with Crippen molar-refractivity contribution >= 4 is 32.3 Å². The molecule has 66 heavy (non-hydrogen) atoms. The highest BCUT2D eigenvalue weighted by Gasteiger charge is 2.29. The van der Waals surface area contributed by atoms with Gasteiger partial charge in [0.05, 0.1) is 0 Å². The van der Waals surface area contributed by atoms with E-state index < -0.39 is 0 Å². The van der Waals surface area contributed by atoms with Gasteiger partial charge in [0, 0.05) is 0 Å². The van der Waals surface area contributed by atoms with E-state index in [1.807, 2.05) is 0 Å². The van der Waals surface area contributed by atoms with Crippen LogP contribution in [-0.2, 0) is 32.5 Å². The lowest BCUT2D eigenvalue weighted by Gasteiger charge is -2.28. The van der Waals surface area contributed by atoms with Crippen molar-refractivity contribution in [3.8, 4) is 44.5 Å². The molecule has 0 aliphatic heterocycles. The van der Waals surface area contributed by atoms with Gasteiger partial charge in [-0.2, -0.15) is 0 Å². The van der Waals surface area contributed by atoms with Crippen molar-refractivity contribution in [1.82, 2.24) is 0 Å². The molecule has 340 valence electrons. The maximum Gasteiger partial charge on any atom is -0.000764 e. The lowest BCUT2D eigenvalue weighted by atomic mass is 9.75. The molecule has 0 spiro atoms. The lowest BCUT2D eigenvalue weighted by Crippen LogP contribution is -2.12. The number of hydrogen-bond acceptors (Lipinski definition) is 0. The van der Waals surface area contributed by atoms with Crippen LogP contribution in [0.5, 0.6) is 0 Å². The summed E-state index contributed by atoms with van der Waals surface area (Å²) in [6, 6.07) is 53.0. The van der Waals surface area contributed by atoms with Gasteiger partial charge in [0.25, 0.3) is 0 Å². The summed E-state index contributed by atoms with van der Waals surface area (Å²) in [4.78, 5) is 0. The van der Waals surface area contributed by atoms with E-state index in [1.54, 1.807) is 0 Å². The zero-order valence-electron chi connectivity index (χ0n) is 43.7. The molecule has 8 aromatic carbocycles. The largest absolute Gasteiger partial charge is 0.0579 e. The molecule has 0 aromatic heterocycles. The second-order valence-electron chi connectivity index (χ2n) is 25.6. The summed E-state index contributed by atoms with van der Waals surface area (Å²) < 4.78 is 0. The molecular formula is C66H76. The molecule has 0 heteroatoms. The van der Waals surface area contributed by atoms with Gasteiger partial charge < -0.3 is 0 Å². The summed E-state index contributed by atoms with van der Waals surface area (Å²) in [6.07, 6.45) is 0. The normalized spacial score (nSPS) is 13.3. The van der Waals surface area contributed by atoms with Crippen LogP contribution in [0.3, 0.4) is 0 Å². The van der Waals surface area contributed by atoms with Gasteiger partial charge in [-0.3, -0.25) is 0 Å². The Bertz CT molecular complexity index is 3090. The van der Waals surface area contributed by atoms with Crippen molar-refractivity contribution in [2.45, 2.75) is 157 Å². The molecule has 0 bridgehead atoms. The van der Waals surface area contributed by atoms with Gasteiger partial charge in [-0.25, -0.2) is 0 Å². The summed E-state index contributed by atoms with van der Waals surface area (Å²) in [5, 5.41) is 7.74. The molecule has 0 N–H and O–H groups in total. The van der Waals surface area contributed by atoms with E-state index in [1.165, 1.54) is 110 Å². The van der Waals surface area contributed by atoms with Crippen molar-refractivity contribution in [2.75, 3.05) is 0 Å². The molecule has 0 saturated carbocycles. The Morgan fingerprint density at radius 1 is 0.227 bits per heavy atom. The van der Waals surface area contributed by atoms with Crippen LogP contribution in [0.25, 0.3) is 76.8 Å². The van der Waals surface area contributed by atoms with Crippen LogP contribution in [0.2, 0.25) is 0 Å². The van der Waals surface area contributed by atoms with E-state index in [-0.39, 0.29) is 32.5 Å². The maximum atomic E-state index is 2.56. The second-order valence-corrected chi connectivity index (χ2v) is 25.6. The van der Waals surface area contributed by atoms with Gasteiger partial charge in [-0.1, -0.05) is 240 Å². The van der Waals surface area contributed by atoms with Crippen LogP contribution in [0.15, 0.2) is 133 Å². The summed E-state index contributed by atoms with van der Waals surface area (Å²) in [6.45, 7) is 41.9. The van der Waals surface area contributed by atoms with Gasteiger partial charge in [-0.15, -0.1) is 0 Å². The summed E-state index contributed by atoms with van der Waals surface area (Å²) in [5.74, 6) is 0. The molecule has 0 aliphatic carbocycles. The zero-order chi connectivity index (χ0) is 48.1. The summed E-state index contributed by atoms with van der Waals surface area (Å²) in [5.41, 5.74) is 18.2. The third kappa shape index (κ3) is 8.90. The van der Waals surface area contributed by atoms with Crippen molar-refractivity contribution in [1.29, 1.82) is 0 Å². The number of fused-ring (bicyclic) bond motifs is 3. The monoisotopic (exact) mass is 869 g/mol. The molecule has 0 radical (unpaired) electrons. The van der Waals surface area contributed by atoms with Gasteiger partial charge in [-0.05, 0) is 161 Å². The molecule has 0 saturated heterocycles. The minimum atomic E-state index is -0.108. The minimum absolute atomic E-state index is 0.0115. The standard InChI is InChI=1S/C66H76/c1-61(2,3)46-27-19-41(20-28-46)53-39-51(66(16,17)18)40-55-58(44-25-33-49(34-26-44)64(10,11)12)60-54(57(59(53)55)43-23-31-48(32-24-43)63(7,8)9)38-45-37-50(65(13,14)15)35-36-52(45)56(60)42-21-29-47(30-22-42)62(4,5)6/h19-40H,1-18H3. The van der Waals surface area contributed by atoms with Crippen LogP contribution in [0.4, 0.5) is 0 Å². The van der Waals surface area contributed by atoms with Gasteiger partial charge >= 0.3 is 0 Å². The molecule has 0 atom stereocenters. The van der Waals surface area contributed by atoms with E-state index in [9.17, 15) is 0 Å². The average molecular weight is 869 g/mol. The minimum Gasteiger partial charge on any atom is -0.0579 e. The Hall–Kier alpha value is -5.46. The highest BCUT2D eigenvalue weighted by atomic mass is 14.3. The first-order chi connectivity index (χ1) is 30.5. The SMILES string of the molecule is CC(C)(C)c1ccc(-c2cc(C(C)(C)C)cc3c(-c4ccc(C(C)(C)C)cc4)c4c(-c5ccc(C(C)(C)C)cc5)c5ccc(C(C)(C)C)cc5cc4c(-c4ccc(C(C)(C)C)cc4)c23)cc1. The fraction of sp³-hybridized carbons (Fsp3) is 0.364. The van der Waals surface area contributed by atoms with Crippen LogP contribution in [-0.4, -0.2) is 0 Å². The fourth-order valence-corrected chi connectivity index (χ4v) is 9.83. The third-order valence-corrected chi connectivity index (χ3v) is 14.2. The molecule has 8 rings (SSSR count). The lowest BCUT2D eigenvalue weighted by molar-refractivity contribution is 0.590. The van der Waals surface area contributed by atoms with E-state index in [0.717, 1.165) is 0 Å². The van der Waals surface area contributed by atoms with Crippen LogP contribution < -0.4 is 0 Å². The number of rotatable bonds is 4. The van der Waals surface area contributed by atoms with Crippen LogP contribution in [0.1, 0.15) is 158 Å². The molecule has 0 fully saturated rings. The third-order valence-electron chi connectivity index (χ3n) is 14.2.